The maximum Gasteiger partial charge on any atom is 0.214 e. The molecule has 2 heterocycles. The quantitative estimate of drug-likeness (QED) is 0.647. The van der Waals surface area contributed by atoms with Gasteiger partial charge >= 0.3 is 0 Å². The van der Waals surface area contributed by atoms with Crippen molar-refractivity contribution in [2.75, 3.05) is 33.2 Å². The van der Waals surface area contributed by atoms with Gasteiger partial charge in [-0.1, -0.05) is 13.8 Å². The van der Waals surface area contributed by atoms with Crippen LogP contribution in [0, 0.1) is 25.7 Å². The zero-order chi connectivity index (χ0) is 19.4. The first-order valence-corrected chi connectivity index (χ1v) is 10.6. The number of piperazine rings is 1. The van der Waals surface area contributed by atoms with Crippen LogP contribution in [0.4, 0.5) is 0 Å². The van der Waals surface area contributed by atoms with Gasteiger partial charge in [0.05, 0.1) is 12.2 Å². The molecule has 0 spiro atoms. The normalized spacial score (nSPS) is 25.3. The zero-order valence-corrected chi connectivity index (χ0v) is 17.8. The molecule has 0 atom stereocenters. The molecule has 3 rings (SSSR count). The van der Waals surface area contributed by atoms with Gasteiger partial charge in [-0.05, 0) is 51.4 Å². The number of hydrogen-bond donors (Lipinski definition) is 1. The number of aliphatic imine (C=N–C) groups is 1. The van der Waals surface area contributed by atoms with E-state index in [9.17, 15) is 0 Å². The van der Waals surface area contributed by atoms with Crippen LogP contribution >= 0.6 is 0 Å². The van der Waals surface area contributed by atoms with Crippen molar-refractivity contribution in [2.45, 2.75) is 66.0 Å². The number of oxazole rings is 1. The number of aryl methyl sites for hydroxylation is 2. The van der Waals surface area contributed by atoms with Gasteiger partial charge < -0.3 is 14.6 Å². The number of nitrogens with zero attached hydrogens (tertiary/aromatic N) is 4. The molecular formula is C21H37N5O. The Morgan fingerprint density at radius 3 is 2.33 bits per heavy atom. The molecule has 6 heteroatoms. The molecule has 2 aliphatic rings. The van der Waals surface area contributed by atoms with Gasteiger partial charge in [0.2, 0.25) is 5.89 Å². The molecule has 1 saturated heterocycles. The SMILES string of the molecule is CN=C(NCc1nc(C)c(C)o1)N1CCN(C2CCC(C(C)C)CC2)CC1. The molecule has 0 aromatic carbocycles. The van der Waals surface area contributed by atoms with E-state index in [-0.39, 0.29) is 0 Å². The highest BCUT2D eigenvalue weighted by Gasteiger charge is 2.29. The minimum Gasteiger partial charge on any atom is -0.444 e. The lowest BCUT2D eigenvalue weighted by atomic mass is 9.79. The highest BCUT2D eigenvalue weighted by molar-refractivity contribution is 5.79. The van der Waals surface area contributed by atoms with E-state index in [0.717, 1.165) is 67.4 Å². The summed E-state index contributed by atoms with van der Waals surface area (Å²) < 4.78 is 5.66. The second-order valence-corrected chi connectivity index (χ2v) is 8.49. The topological polar surface area (TPSA) is 56.9 Å². The van der Waals surface area contributed by atoms with Crippen molar-refractivity contribution in [3.8, 4) is 0 Å². The van der Waals surface area contributed by atoms with Crippen LogP contribution in [0.25, 0.3) is 0 Å². The number of guanidine groups is 1. The molecule has 1 aromatic rings. The summed E-state index contributed by atoms with van der Waals surface area (Å²) in [4.78, 5) is 14.0. The Morgan fingerprint density at radius 2 is 1.81 bits per heavy atom. The Hall–Kier alpha value is -1.56. The van der Waals surface area contributed by atoms with E-state index >= 15 is 0 Å². The van der Waals surface area contributed by atoms with Crippen LogP contribution in [-0.2, 0) is 6.54 Å². The van der Waals surface area contributed by atoms with Gasteiger partial charge in [-0.2, -0.15) is 0 Å². The standard InChI is InChI=1S/C21H37N5O/c1-15(2)18-6-8-19(9-7-18)25-10-12-26(13-11-25)21(22-5)23-14-20-24-16(3)17(4)27-20/h15,18-19H,6-14H2,1-5H3,(H,22,23). The molecule has 1 aliphatic carbocycles. The third-order valence-electron chi connectivity index (χ3n) is 6.50. The molecule has 2 fully saturated rings. The van der Waals surface area contributed by atoms with E-state index in [4.69, 9.17) is 4.42 Å². The van der Waals surface area contributed by atoms with Gasteiger partial charge in [-0.15, -0.1) is 0 Å². The Balaban J connectivity index is 1.45. The van der Waals surface area contributed by atoms with Gasteiger partial charge in [-0.3, -0.25) is 9.89 Å². The van der Waals surface area contributed by atoms with Crippen molar-refractivity contribution in [2.24, 2.45) is 16.8 Å². The average molecular weight is 376 g/mol. The van der Waals surface area contributed by atoms with E-state index in [0.29, 0.717) is 6.54 Å². The van der Waals surface area contributed by atoms with Gasteiger partial charge in [0.15, 0.2) is 5.96 Å². The van der Waals surface area contributed by atoms with Crippen LogP contribution in [0.15, 0.2) is 9.41 Å². The minimum absolute atomic E-state index is 0.584. The van der Waals surface area contributed by atoms with Crippen LogP contribution in [0.3, 0.4) is 0 Å². The first-order chi connectivity index (χ1) is 13.0. The summed E-state index contributed by atoms with van der Waals surface area (Å²) in [6.07, 6.45) is 5.55. The Bertz CT molecular complexity index is 603. The van der Waals surface area contributed by atoms with E-state index in [1.54, 1.807) is 0 Å². The molecule has 0 radical (unpaired) electrons. The predicted octanol–water partition coefficient (Wildman–Crippen LogP) is 3.20. The third-order valence-corrected chi connectivity index (χ3v) is 6.50. The summed E-state index contributed by atoms with van der Waals surface area (Å²) in [5.41, 5.74) is 0.961. The summed E-state index contributed by atoms with van der Waals surface area (Å²) in [6, 6.07) is 0.787. The first-order valence-electron chi connectivity index (χ1n) is 10.6. The molecule has 1 saturated carbocycles. The maximum absolute atomic E-state index is 5.66. The lowest BCUT2D eigenvalue weighted by Crippen LogP contribution is -2.55. The Kier molecular flexibility index (Phi) is 6.79. The molecular weight excluding hydrogens is 338 g/mol. The lowest BCUT2D eigenvalue weighted by Gasteiger charge is -2.43. The van der Waals surface area contributed by atoms with Crippen LogP contribution in [0.1, 0.15) is 56.9 Å². The fourth-order valence-corrected chi connectivity index (χ4v) is 4.53. The number of nitrogens with one attached hydrogen (secondary N) is 1. The van der Waals surface area contributed by atoms with E-state index in [1.807, 2.05) is 20.9 Å². The molecule has 0 amide bonds. The Labute approximate surface area is 164 Å². The minimum atomic E-state index is 0.584. The zero-order valence-electron chi connectivity index (χ0n) is 17.8. The molecule has 0 unspecified atom stereocenters. The van der Waals surface area contributed by atoms with E-state index < -0.39 is 0 Å². The molecule has 6 nitrogen and oxygen atoms in total. The summed E-state index contributed by atoms with van der Waals surface area (Å²) in [5, 5.41) is 3.41. The highest BCUT2D eigenvalue weighted by Crippen LogP contribution is 2.32. The average Bonchev–Trinajstić information content (AvgIpc) is 3.00. The second-order valence-electron chi connectivity index (χ2n) is 8.49. The fourth-order valence-electron chi connectivity index (χ4n) is 4.53. The molecule has 1 aliphatic heterocycles. The molecule has 1 aromatic heterocycles. The largest absolute Gasteiger partial charge is 0.444 e. The smallest absolute Gasteiger partial charge is 0.214 e. The van der Waals surface area contributed by atoms with Crippen molar-refractivity contribution < 1.29 is 4.42 Å². The number of hydrogen-bond acceptors (Lipinski definition) is 4. The van der Waals surface area contributed by atoms with Crippen molar-refractivity contribution in [3.63, 3.8) is 0 Å². The molecule has 27 heavy (non-hydrogen) atoms. The van der Waals surface area contributed by atoms with Crippen molar-refractivity contribution in [1.29, 1.82) is 0 Å². The Morgan fingerprint density at radius 1 is 1.15 bits per heavy atom. The van der Waals surface area contributed by atoms with Crippen LogP contribution in [0.5, 0.6) is 0 Å². The number of aromatic nitrogens is 1. The summed E-state index contributed by atoms with van der Waals surface area (Å²) in [6.45, 7) is 13.6. The van der Waals surface area contributed by atoms with Gasteiger partial charge in [0, 0.05) is 39.3 Å². The molecule has 152 valence electrons. The van der Waals surface area contributed by atoms with E-state index in [1.165, 1.54) is 25.7 Å². The molecule has 1 N–H and O–H groups in total. The summed E-state index contributed by atoms with van der Waals surface area (Å²) in [7, 11) is 1.86. The predicted molar refractivity (Wildman–Crippen MR) is 110 cm³/mol. The fraction of sp³-hybridized carbons (Fsp3) is 0.810. The first kappa shape index (κ1) is 20.2. The van der Waals surface area contributed by atoms with Crippen molar-refractivity contribution in [3.05, 3.63) is 17.3 Å². The van der Waals surface area contributed by atoms with Crippen molar-refractivity contribution in [1.82, 2.24) is 20.1 Å². The second kappa shape index (κ2) is 9.09. The highest BCUT2D eigenvalue weighted by atomic mass is 16.4. The van der Waals surface area contributed by atoms with Gasteiger partial charge in [0.25, 0.3) is 0 Å². The number of rotatable bonds is 4. The van der Waals surface area contributed by atoms with E-state index in [2.05, 4.69) is 38.9 Å². The van der Waals surface area contributed by atoms with Crippen LogP contribution in [0.2, 0.25) is 0 Å². The monoisotopic (exact) mass is 375 g/mol. The third kappa shape index (κ3) is 5.03. The van der Waals surface area contributed by atoms with Gasteiger partial charge in [0.1, 0.15) is 5.76 Å². The van der Waals surface area contributed by atoms with Crippen molar-refractivity contribution >= 4 is 5.96 Å². The summed E-state index contributed by atoms with van der Waals surface area (Å²) >= 11 is 0. The lowest BCUT2D eigenvalue weighted by molar-refractivity contribution is 0.0863. The van der Waals surface area contributed by atoms with Crippen LogP contribution < -0.4 is 5.32 Å². The van der Waals surface area contributed by atoms with Crippen LogP contribution in [-0.4, -0.2) is 60.0 Å². The molecule has 0 bridgehead atoms. The maximum atomic E-state index is 5.66. The summed E-state index contributed by atoms with van der Waals surface area (Å²) in [5.74, 6) is 4.35. The van der Waals surface area contributed by atoms with Gasteiger partial charge in [-0.25, -0.2) is 4.98 Å².